The van der Waals surface area contributed by atoms with Gasteiger partial charge in [0.15, 0.2) is 0 Å². The van der Waals surface area contributed by atoms with Gasteiger partial charge in [-0.3, -0.25) is 0 Å². The van der Waals surface area contributed by atoms with Crippen LogP contribution in [0.2, 0.25) is 0 Å². The van der Waals surface area contributed by atoms with E-state index in [1.54, 1.807) is 24.3 Å². The Bertz CT molecular complexity index is 891. The quantitative estimate of drug-likeness (QED) is 0.0491. The number of carbonyl (C=O) groups excluding carboxylic acids is 2. The molecule has 1 rings (SSSR count). The number of nitrogens with zero attached hydrogens (tertiary/aromatic N) is 2. The maximum absolute atomic E-state index is 12.5. The molecule has 0 aliphatic heterocycles. The van der Waals surface area contributed by atoms with Crippen molar-refractivity contribution in [2.45, 2.75) is 206 Å². The lowest BCUT2D eigenvalue weighted by molar-refractivity contribution is 0.0481. The number of esters is 2. The third-order valence-corrected chi connectivity index (χ3v) is 11.0. The third-order valence-electron chi connectivity index (χ3n) is 11.0. The molecule has 0 spiro atoms. The predicted octanol–water partition coefficient (Wildman–Crippen LogP) is 13.6. The van der Waals surface area contributed by atoms with E-state index in [1.165, 1.54) is 167 Å². The van der Waals surface area contributed by atoms with Gasteiger partial charge in [-0.2, -0.15) is 0 Å². The number of rotatable bonds is 40. The van der Waals surface area contributed by atoms with Crippen molar-refractivity contribution >= 4 is 11.9 Å². The molecule has 0 amide bonds. The number of benzene rings is 1. The maximum Gasteiger partial charge on any atom is 0.338 e. The van der Waals surface area contributed by atoms with Crippen molar-refractivity contribution in [3.8, 4) is 0 Å². The van der Waals surface area contributed by atoms with E-state index < -0.39 is 0 Å². The van der Waals surface area contributed by atoms with Crippen LogP contribution in [0, 0.1) is 0 Å². The van der Waals surface area contributed by atoms with Gasteiger partial charge in [0.25, 0.3) is 0 Å². The Morgan fingerprint density at radius 3 is 0.852 bits per heavy atom. The molecular weight excluding hydrogens is 669 g/mol. The second-order valence-corrected chi connectivity index (χ2v) is 16.4. The van der Waals surface area contributed by atoms with Crippen molar-refractivity contribution in [2.24, 2.45) is 0 Å². The summed E-state index contributed by atoms with van der Waals surface area (Å²) in [6.07, 6.45) is 39.8. The summed E-state index contributed by atoms with van der Waals surface area (Å²) in [5, 5.41) is 0. The van der Waals surface area contributed by atoms with Crippen LogP contribution in [-0.4, -0.2) is 75.2 Å². The lowest BCUT2D eigenvalue weighted by Gasteiger charge is -2.16. The van der Waals surface area contributed by atoms with Crippen molar-refractivity contribution in [2.75, 3.05) is 53.5 Å². The number of carbonyl (C=O) groups is 2. The molecule has 0 heterocycles. The van der Waals surface area contributed by atoms with Gasteiger partial charge < -0.3 is 19.3 Å². The third kappa shape index (κ3) is 31.3. The summed E-state index contributed by atoms with van der Waals surface area (Å²) in [4.78, 5) is 29.8. The van der Waals surface area contributed by atoms with Crippen molar-refractivity contribution in [3.05, 3.63) is 35.4 Å². The minimum absolute atomic E-state index is 0.335. The van der Waals surface area contributed by atoms with Crippen LogP contribution in [0.5, 0.6) is 0 Å². The maximum atomic E-state index is 12.5. The summed E-state index contributed by atoms with van der Waals surface area (Å²) in [5.74, 6) is -0.670. The number of hydrogen-bond acceptors (Lipinski definition) is 6. The Morgan fingerprint density at radius 2 is 0.593 bits per heavy atom. The molecule has 6 heteroatoms. The van der Waals surface area contributed by atoms with Crippen LogP contribution in [-0.2, 0) is 9.47 Å². The lowest BCUT2D eigenvalue weighted by Crippen LogP contribution is -2.21. The molecule has 0 bridgehead atoms. The Labute approximate surface area is 335 Å². The number of ether oxygens (including phenoxy) is 2. The van der Waals surface area contributed by atoms with Crippen LogP contribution in [0.1, 0.15) is 227 Å². The molecule has 0 atom stereocenters. The highest BCUT2D eigenvalue weighted by Gasteiger charge is 2.11. The molecule has 0 N–H and O–H groups in total. The zero-order valence-electron chi connectivity index (χ0n) is 36.3. The Morgan fingerprint density at radius 1 is 0.370 bits per heavy atom. The zero-order valence-corrected chi connectivity index (χ0v) is 36.3. The fourth-order valence-corrected chi connectivity index (χ4v) is 7.23. The highest BCUT2D eigenvalue weighted by molar-refractivity contribution is 5.93. The SMILES string of the molecule is CCCCCCCCCCCCCCCN(C)CCCCOC(=O)c1ccc(C(=O)OCCCCN(C)CCCCCCCCCCCCCCC)cc1. The van der Waals surface area contributed by atoms with Gasteiger partial charge in [0.1, 0.15) is 0 Å². The molecular formula is C48H88N2O4. The van der Waals surface area contributed by atoms with E-state index in [4.69, 9.17) is 9.47 Å². The lowest BCUT2D eigenvalue weighted by atomic mass is 10.0. The summed E-state index contributed by atoms with van der Waals surface area (Å²) in [5.41, 5.74) is 0.940. The number of hydrogen-bond donors (Lipinski definition) is 0. The van der Waals surface area contributed by atoms with Crippen molar-refractivity contribution in [1.29, 1.82) is 0 Å². The first kappa shape index (κ1) is 50.1. The molecule has 1 aromatic rings. The highest BCUT2D eigenvalue weighted by Crippen LogP contribution is 2.15. The smallest absolute Gasteiger partial charge is 0.338 e. The fraction of sp³-hybridized carbons (Fsp3) is 0.833. The molecule has 314 valence electrons. The first-order chi connectivity index (χ1) is 26.5. The average molecular weight is 757 g/mol. The van der Waals surface area contributed by atoms with E-state index in [9.17, 15) is 9.59 Å². The summed E-state index contributed by atoms with van der Waals surface area (Å²) in [7, 11) is 4.39. The average Bonchev–Trinajstić information content (AvgIpc) is 3.18. The normalized spacial score (nSPS) is 11.5. The molecule has 0 aliphatic rings. The van der Waals surface area contributed by atoms with Gasteiger partial charge >= 0.3 is 11.9 Å². The van der Waals surface area contributed by atoms with Crippen molar-refractivity contribution < 1.29 is 19.1 Å². The van der Waals surface area contributed by atoms with Gasteiger partial charge in [-0.1, -0.05) is 168 Å². The summed E-state index contributed by atoms with van der Waals surface area (Å²) >= 11 is 0. The molecule has 0 saturated carbocycles. The minimum Gasteiger partial charge on any atom is -0.462 e. The summed E-state index contributed by atoms with van der Waals surface area (Å²) < 4.78 is 11.0. The molecule has 54 heavy (non-hydrogen) atoms. The van der Waals surface area contributed by atoms with E-state index in [2.05, 4.69) is 37.7 Å². The highest BCUT2D eigenvalue weighted by atomic mass is 16.5. The van der Waals surface area contributed by atoms with E-state index >= 15 is 0 Å². The van der Waals surface area contributed by atoms with Gasteiger partial charge in [-0.25, -0.2) is 9.59 Å². The van der Waals surface area contributed by atoms with Crippen LogP contribution in [0.15, 0.2) is 24.3 Å². The van der Waals surface area contributed by atoms with Gasteiger partial charge in [0.2, 0.25) is 0 Å². The van der Waals surface area contributed by atoms with Gasteiger partial charge in [0, 0.05) is 0 Å². The second-order valence-electron chi connectivity index (χ2n) is 16.4. The Balaban J connectivity index is 1.97. The number of unbranched alkanes of at least 4 members (excludes halogenated alkanes) is 26. The first-order valence-electron chi connectivity index (χ1n) is 23.3. The van der Waals surface area contributed by atoms with Gasteiger partial charge in [0.05, 0.1) is 24.3 Å². The second kappa shape index (κ2) is 38.0. The molecule has 0 aliphatic carbocycles. The van der Waals surface area contributed by atoms with Gasteiger partial charge in [-0.05, 0) is 103 Å². The zero-order chi connectivity index (χ0) is 39.2. The van der Waals surface area contributed by atoms with E-state index in [1.807, 2.05) is 0 Å². The molecule has 0 aromatic heterocycles. The molecule has 0 unspecified atom stereocenters. The van der Waals surface area contributed by atoms with E-state index in [0.717, 1.165) is 51.9 Å². The molecule has 0 radical (unpaired) electrons. The largest absolute Gasteiger partial charge is 0.462 e. The van der Waals surface area contributed by atoms with Crippen molar-refractivity contribution in [1.82, 2.24) is 9.80 Å². The van der Waals surface area contributed by atoms with E-state index in [-0.39, 0.29) is 11.9 Å². The molecule has 6 nitrogen and oxygen atoms in total. The van der Waals surface area contributed by atoms with Crippen LogP contribution < -0.4 is 0 Å². The van der Waals surface area contributed by atoms with Crippen LogP contribution in [0.4, 0.5) is 0 Å². The Kier molecular flexibility index (Phi) is 35.2. The summed E-state index contributed by atoms with van der Waals surface area (Å²) in [6.45, 7) is 9.75. The minimum atomic E-state index is -0.335. The van der Waals surface area contributed by atoms with Crippen LogP contribution >= 0.6 is 0 Å². The topological polar surface area (TPSA) is 59.1 Å². The monoisotopic (exact) mass is 757 g/mol. The first-order valence-corrected chi connectivity index (χ1v) is 23.3. The molecule has 0 saturated heterocycles. The van der Waals surface area contributed by atoms with Crippen LogP contribution in [0.3, 0.4) is 0 Å². The molecule has 1 aromatic carbocycles. The van der Waals surface area contributed by atoms with Crippen LogP contribution in [0.25, 0.3) is 0 Å². The molecule has 0 fully saturated rings. The summed E-state index contributed by atoms with van der Waals surface area (Å²) in [6, 6.07) is 6.64. The Hall–Kier alpha value is -1.92. The predicted molar refractivity (Wildman–Crippen MR) is 232 cm³/mol. The van der Waals surface area contributed by atoms with Gasteiger partial charge in [-0.15, -0.1) is 0 Å². The van der Waals surface area contributed by atoms with Crippen molar-refractivity contribution in [3.63, 3.8) is 0 Å². The fourth-order valence-electron chi connectivity index (χ4n) is 7.23. The standard InChI is InChI=1S/C48H88N2O4/c1-5-7-9-11-13-15-17-19-21-23-25-27-29-39-49(3)41-31-33-43-53-47(51)45-35-37-46(38-36-45)48(52)54-44-34-32-42-50(4)40-30-28-26-24-22-20-18-16-14-12-10-8-6-2/h35-38H,5-34,39-44H2,1-4H3. The van der Waals surface area contributed by atoms with E-state index in [0.29, 0.717) is 24.3 Å².